The molecular weight excluding hydrogens is 420 g/mol. The largest absolute Gasteiger partial charge is 0.501 e. The van der Waals surface area contributed by atoms with Gasteiger partial charge in [-0.05, 0) is 61.1 Å². The molecule has 0 aromatic heterocycles. The maximum Gasteiger partial charge on any atom is 0.342 e. The van der Waals surface area contributed by atoms with Gasteiger partial charge in [-0.2, -0.15) is 0 Å². The van der Waals surface area contributed by atoms with Crippen molar-refractivity contribution < 1.29 is 28.5 Å². The Balaban J connectivity index is 1.40. The highest BCUT2D eigenvalue weighted by atomic mass is 16.5. The monoisotopic (exact) mass is 448 g/mol. The van der Waals surface area contributed by atoms with Gasteiger partial charge >= 0.3 is 11.9 Å². The Morgan fingerprint density at radius 2 is 1.09 bits per heavy atom. The average Bonchev–Trinajstić information content (AvgIpc) is 2.86. The van der Waals surface area contributed by atoms with Crippen molar-refractivity contribution in [2.75, 3.05) is 13.2 Å². The second kappa shape index (κ2) is 9.94. The zero-order valence-electron chi connectivity index (χ0n) is 19.0. The minimum atomic E-state index is -0.373. The van der Waals surface area contributed by atoms with Crippen LogP contribution in [0.25, 0.3) is 0 Å². The summed E-state index contributed by atoms with van der Waals surface area (Å²) in [5.41, 5.74) is 2.94. The van der Waals surface area contributed by atoms with Gasteiger partial charge in [0.05, 0.1) is 36.9 Å². The van der Waals surface area contributed by atoms with E-state index in [1.165, 1.54) is 12.5 Å². The maximum atomic E-state index is 12.3. The van der Waals surface area contributed by atoms with Crippen molar-refractivity contribution in [3.05, 3.63) is 83.3 Å². The van der Waals surface area contributed by atoms with Crippen LogP contribution in [0.2, 0.25) is 0 Å². The molecule has 6 heteroatoms. The summed E-state index contributed by atoms with van der Waals surface area (Å²) < 4.78 is 21.4. The summed E-state index contributed by atoms with van der Waals surface area (Å²) in [7, 11) is 0. The molecule has 0 atom stereocenters. The molecule has 0 saturated heterocycles. The highest BCUT2D eigenvalue weighted by molar-refractivity contribution is 5.90. The first-order valence-electron chi connectivity index (χ1n) is 11.2. The minimum absolute atomic E-state index is 0.301. The number of ether oxygens (including phenoxy) is 4. The van der Waals surface area contributed by atoms with Crippen molar-refractivity contribution in [1.82, 2.24) is 0 Å². The Bertz CT molecular complexity index is 975. The highest BCUT2D eigenvalue weighted by Gasteiger charge is 2.24. The molecule has 0 saturated carbocycles. The highest BCUT2D eigenvalue weighted by Crippen LogP contribution is 2.33. The molecule has 0 aliphatic carbocycles. The van der Waals surface area contributed by atoms with Crippen molar-refractivity contribution in [1.29, 1.82) is 0 Å². The van der Waals surface area contributed by atoms with Gasteiger partial charge in [-0.3, -0.25) is 0 Å². The summed E-state index contributed by atoms with van der Waals surface area (Å²) in [6, 6.07) is 15.0. The molecule has 4 rings (SSSR count). The lowest BCUT2D eigenvalue weighted by atomic mass is 9.78. The zero-order valence-corrected chi connectivity index (χ0v) is 19.0. The number of hydrogen-bond acceptors (Lipinski definition) is 6. The summed E-state index contributed by atoms with van der Waals surface area (Å²) in [6.45, 7) is 5.50. The molecule has 2 aliphatic rings. The van der Waals surface area contributed by atoms with Crippen LogP contribution in [0.15, 0.2) is 72.2 Å². The second-order valence-corrected chi connectivity index (χ2v) is 8.69. The quantitative estimate of drug-likeness (QED) is 0.446. The van der Waals surface area contributed by atoms with Gasteiger partial charge in [-0.25, -0.2) is 9.59 Å². The Morgan fingerprint density at radius 1 is 0.697 bits per heavy atom. The van der Waals surface area contributed by atoms with E-state index < -0.39 is 0 Å². The van der Waals surface area contributed by atoms with Crippen molar-refractivity contribution >= 4 is 11.9 Å². The number of rotatable bonds is 6. The van der Waals surface area contributed by atoms with Crippen LogP contribution in [0.1, 0.15) is 50.7 Å². The first-order chi connectivity index (χ1) is 15.9. The molecular formula is C27H28O6. The molecule has 0 unspecified atom stereocenters. The molecule has 2 aliphatic heterocycles. The number of esters is 2. The molecule has 33 heavy (non-hydrogen) atoms. The molecule has 172 valence electrons. The SMILES string of the molecule is CC(C)(c1ccc(OC(=O)C2=COCCC2)cc1)c1ccc(OC(=O)C2=COCCC2)cc1. The zero-order chi connectivity index (χ0) is 23.3. The van der Waals surface area contributed by atoms with Gasteiger partial charge in [-0.15, -0.1) is 0 Å². The summed E-state index contributed by atoms with van der Waals surface area (Å²) in [5.74, 6) is 0.244. The Hall–Kier alpha value is -3.54. The van der Waals surface area contributed by atoms with Crippen LogP contribution in [0.5, 0.6) is 11.5 Å². The molecule has 0 amide bonds. The molecule has 0 N–H and O–H groups in total. The first-order valence-corrected chi connectivity index (χ1v) is 11.2. The molecule has 0 bridgehead atoms. The molecule has 2 heterocycles. The van der Waals surface area contributed by atoms with E-state index in [2.05, 4.69) is 13.8 Å². The number of benzene rings is 2. The fourth-order valence-electron chi connectivity index (χ4n) is 3.82. The van der Waals surface area contributed by atoms with Gasteiger partial charge < -0.3 is 18.9 Å². The van der Waals surface area contributed by atoms with Crippen LogP contribution in [-0.4, -0.2) is 25.2 Å². The van der Waals surface area contributed by atoms with Gasteiger partial charge in [-0.1, -0.05) is 38.1 Å². The molecule has 2 aromatic rings. The summed E-state index contributed by atoms with van der Waals surface area (Å²) in [6.07, 6.45) is 5.95. The lowest BCUT2D eigenvalue weighted by molar-refractivity contribution is -0.131. The van der Waals surface area contributed by atoms with Crippen molar-refractivity contribution in [2.24, 2.45) is 0 Å². The van der Waals surface area contributed by atoms with Crippen LogP contribution < -0.4 is 9.47 Å². The Labute approximate surface area is 193 Å². The van der Waals surface area contributed by atoms with Gasteiger partial charge in [0.2, 0.25) is 0 Å². The summed E-state index contributed by atoms with van der Waals surface area (Å²) >= 11 is 0. The van der Waals surface area contributed by atoms with Crippen LogP contribution >= 0.6 is 0 Å². The molecule has 0 radical (unpaired) electrons. The normalized spacial score (nSPS) is 15.9. The average molecular weight is 449 g/mol. The summed E-state index contributed by atoms with van der Waals surface area (Å²) in [5, 5.41) is 0. The van der Waals surface area contributed by atoms with E-state index in [0.717, 1.165) is 24.0 Å². The van der Waals surface area contributed by atoms with Crippen molar-refractivity contribution in [2.45, 2.75) is 44.9 Å². The number of hydrogen-bond donors (Lipinski definition) is 0. The van der Waals surface area contributed by atoms with Crippen molar-refractivity contribution in [3.8, 4) is 11.5 Å². The lowest BCUT2D eigenvalue weighted by Crippen LogP contribution is -2.19. The Morgan fingerprint density at radius 3 is 1.42 bits per heavy atom. The van der Waals surface area contributed by atoms with E-state index in [-0.39, 0.29) is 17.4 Å². The third kappa shape index (κ3) is 5.45. The fourth-order valence-corrected chi connectivity index (χ4v) is 3.82. The lowest BCUT2D eigenvalue weighted by Gasteiger charge is -2.26. The van der Waals surface area contributed by atoms with Gasteiger partial charge in [0.25, 0.3) is 0 Å². The van der Waals surface area contributed by atoms with Gasteiger partial charge in [0.1, 0.15) is 11.5 Å². The van der Waals surface area contributed by atoms with E-state index in [1.807, 2.05) is 24.3 Å². The Kier molecular flexibility index (Phi) is 6.82. The predicted octanol–water partition coefficient (Wildman–Crippen LogP) is 5.21. The fraction of sp³-hybridized carbons (Fsp3) is 0.333. The summed E-state index contributed by atoms with van der Waals surface area (Å²) in [4.78, 5) is 24.5. The van der Waals surface area contributed by atoms with E-state index in [1.54, 1.807) is 24.3 Å². The third-order valence-electron chi connectivity index (χ3n) is 5.97. The molecule has 0 spiro atoms. The van der Waals surface area contributed by atoms with Gasteiger partial charge in [0.15, 0.2) is 0 Å². The smallest absolute Gasteiger partial charge is 0.342 e. The maximum absolute atomic E-state index is 12.3. The second-order valence-electron chi connectivity index (χ2n) is 8.69. The van der Waals surface area contributed by atoms with E-state index in [0.29, 0.717) is 48.7 Å². The van der Waals surface area contributed by atoms with Crippen molar-refractivity contribution in [3.63, 3.8) is 0 Å². The van der Waals surface area contributed by atoms with Crippen LogP contribution in [0, 0.1) is 0 Å². The minimum Gasteiger partial charge on any atom is -0.501 e. The molecule has 2 aromatic carbocycles. The van der Waals surface area contributed by atoms with Crippen LogP contribution in [0.3, 0.4) is 0 Å². The first kappa shape index (κ1) is 22.6. The van der Waals surface area contributed by atoms with E-state index in [9.17, 15) is 9.59 Å². The van der Waals surface area contributed by atoms with E-state index in [4.69, 9.17) is 18.9 Å². The molecule has 0 fully saturated rings. The number of carbonyl (C=O) groups is 2. The van der Waals surface area contributed by atoms with Crippen LogP contribution in [-0.2, 0) is 24.5 Å². The standard InChI is InChI=1S/C27H28O6/c1-27(2,21-7-11-23(12-8-21)32-25(28)19-5-3-15-30-17-19)22-9-13-24(14-10-22)33-26(29)20-6-4-16-31-18-20/h7-14,17-18H,3-6,15-16H2,1-2H3. The van der Waals surface area contributed by atoms with Gasteiger partial charge in [0, 0.05) is 5.41 Å². The van der Waals surface area contributed by atoms with E-state index >= 15 is 0 Å². The molecule has 6 nitrogen and oxygen atoms in total. The number of carbonyl (C=O) groups excluding carboxylic acids is 2. The predicted molar refractivity (Wildman–Crippen MR) is 123 cm³/mol. The topological polar surface area (TPSA) is 71.1 Å². The van der Waals surface area contributed by atoms with Crippen LogP contribution in [0.4, 0.5) is 0 Å². The third-order valence-corrected chi connectivity index (χ3v) is 5.97.